The van der Waals surface area contributed by atoms with Crippen LogP contribution in [0.1, 0.15) is 17.3 Å². The molecule has 0 radical (unpaired) electrons. The largest absolute Gasteiger partial charge is 0.463 e. The quantitative estimate of drug-likeness (QED) is 0.614. The molecule has 0 fully saturated rings. The minimum atomic E-state index is -0.209. The van der Waals surface area contributed by atoms with Crippen molar-refractivity contribution in [3.8, 4) is 11.4 Å². The maximum atomic E-state index is 12.6. The summed E-state index contributed by atoms with van der Waals surface area (Å²) in [6.07, 6.45) is 3.18. The standard InChI is InChI=1S/C19H16N4O2/c1-2-23-12-20-22-18(23)13-6-5-7-14(10-13)21-19(24)16-11-25-17-9-4-3-8-15(16)17/h3-12H,2H2,1H3,(H,21,24). The van der Waals surface area contributed by atoms with E-state index in [9.17, 15) is 4.79 Å². The zero-order valence-corrected chi connectivity index (χ0v) is 13.6. The number of hydrogen-bond donors (Lipinski definition) is 1. The highest BCUT2D eigenvalue weighted by Gasteiger charge is 2.14. The van der Waals surface area contributed by atoms with Gasteiger partial charge in [-0.25, -0.2) is 0 Å². The third-order valence-corrected chi connectivity index (χ3v) is 4.06. The molecule has 2 aromatic carbocycles. The Morgan fingerprint density at radius 1 is 1.20 bits per heavy atom. The Morgan fingerprint density at radius 3 is 2.96 bits per heavy atom. The van der Waals surface area contributed by atoms with Crippen molar-refractivity contribution in [2.24, 2.45) is 0 Å². The highest BCUT2D eigenvalue weighted by molar-refractivity contribution is 6.12. The van der Waals surface area contributed by atoms with E-state index in [2.05, 4.69) is 15.5 Å². The van der Waals surface area contributed by atoms with Crippen molar-refractivity contribution < 1.29 is 9.21 Å². The van der Waals surface area contributed by atoms with Gasteiger partial charge in [-0.3, -0.25) is 4.79 Å². The minimum Gasteiger partial charge on any atom is -0.463 e. The van der Waals surface area contributed by atoms with Gasteiger partial charge in [0.15, 0.2) is 5.82 Å². The number of para-hydroxylation sites is 1. The predicted molar refractivity (Wildman–Crippen MR) is 95.3 cm³/mol. The molecule has 2 heterocycles. The number of carbonyl (C=O) groups is 1. The normalized spacial score (nSPS) is 10.9. The van der Waals surface area contributed by atoms with Crippen LogP contribution in [0.25, 0.3) is 22.4 Å². The van der Waals surface area contributed by atoms with Gasteiger partial charge in [0.25, 0.3) is 5.91 Å². The molecule has 2 aromatic heterocycles. The summed E-state index contributed by atoms with van der Waals surface area (Å²) in [5.41, 5.74) is 2.79. The third-order valence-electron chi connectivity index (χ3n) is 4.06. The number of furan rings is 1. The summed E-state index contributed by atoms with van der Waals surface area (Å²) >= 11 is 0. The van der Waals surface area contributed by atoms with Crippen molar-refractivity contribution in [2.45, 2.75) is 13.5 Å². The number of rotatable bonds is 4. The summed E-state index contributed by atoms with van der Waals surface area (Å²) in [4.78, 5) is 12.6. The van der Waals surface area contributed by atoms with Gasteiger partial charge >= 0.3 is 0 Å². The van der Waals surface area contributed by atoms with Crippen molar-refractivity contribution >= 4 is 22.6 Å². The maximum absolute atomic E-state index is 12.6. The van der Waals surface area contributed by atoms with Crippen LogP contribution in [0.2, 0.25) is 0 Å². The van der Waals surface area contributed by atoms with Gasteiger partial charge in [0, 0.05) is 23.2 Å². The summed E-state index contributed by atoms with van der Waals surface area (Å²) in [5, 5.41) is 11.8. The molecule has 1 N–H and O–H groups in total. The Kier molecular flexibility index (Phi) is 3.78. The van der Waals surface area contributed by atoms with Crippen LogP contribution in [0, 0.1) is 0 Å². The molecule has 0 aliphatic heterocycles. The van der Waals surface area contributed by atoms with Gasteiger partial charge in [0.2, 0.25) is 0 Å². The predicted octanol–water partition coefficient (Wildman–Crippen LogP) is 3.96. The fourth-order valence-electron chi connectivity index (χ4n) is 2.80. The lowest BCUT2D eigenvalue weighted by Crippen LogP contribution is -2.11. The van der Waals surface area contributed by atoms with Crippen LogP contribution in [0.4, 0.5) is 5.69 Å². The molecule has 0 saturated carbocycles. The number of aryl methyl sites for hydroxylation is 1. The van der Waals surface area contributed by atoms with E-state index >= 15 is 0 Å². The van der Waals surface area contributed by atoms with Gasteiger partial charge in [0.05, 0.1) is 5.56 Å². The van der Waals surface area contributed by atoms with E-state index in [0.29, 0.717) is 16.8 Å². The van der Waals surface area contributed by atoms with Crippen molar-refractivity contribution in [3.63, 3.8) is 0 Å². The number of carbonyl (C=O) groups excluding carboxylic acids is 1. The van der Waals surface area contributed by atoms with E-state index in [0.717, 1.165) is 23.3 Å². The molecule has 6 heteroatoms. The summed E-state index contributed by atoms with van der Waals surface area (Å²) in [7, 11) is 0. The number of nitrogens with zero attached hydrogens (tertiary/aromatic N) is 3. The van der Waals surface area contributed by atoms with Crippen LogP contribution in [0.3, 0.4) is 0 Å². The molecule has 0 spiro atoms. The number of fused-ring (bicyclic) bond motifs is 1. The van der Waals surface area contributed by atoms with Gasteiger partial charge in [-0.2, -0.15) is 0 Å². The van der Waals surface area contributed by atoms with E-state index in [1.807, 2.05) is 60.0 Å². The van der Waals surface area contributed by atoms with Crippen molar-refractivity contribution in [1.82, 2.24) is 14.8 Å². The molecule has 0 unspecified atom stereocenters. The smallest absolute Gasteiger partial charge is 0.259 e. The highest BCUT2D eigenvalue weighted by atomic mass is 16.3. The first-order valence-corrected chi connectivity index (χ1v) is 8.02. The van der Waals surface area contributed by atoms with Crippen LogP contribution in [0.5, 0.6) is 0 Å². The molecule has 0 saturated heterocycles. The van der Waals surface area contributed by atoms with Gasteiger partial charge in [-0.1, -0.05) is 30.3 Å². The van der Waals surface area contributed by atoms with Crippen LogP contribution < -0.4 is 5.32 Å². The SMILES string of the molecule is CCn1cnnc1-c1cccc(NC(=O)c2coc3ccccc23)c1. The van der Waals surface area contributed by atoms with Gasteiger partial charge in [-0.05, 0) is 25.1 Å². The third kappa shape index (κ3) is 2.78. The fourth-order valence-corrected chi connectivity index (χ4v) is 2.80. The number of hydrogen-bond acceptors (Lipinski definition) is 4. The second kappa shape index (κ2) is 6.24. The van der Waals surface area contributed by atoms with E-state index in [-0.39, 0.29) is 5.91 Å². The van der Waals surface area contributed by atoms with Crippen molar-refractivity contribution in [2.75, 3.05) is 5.32 Å². The minimum absolute atomic E-state index is 0.209. The average molecular weight is 332 g/mol. The molecule has 0 bridgehead atoms. The molecular weight excluding hydrogens is 316 g/mol. The van der Waals surface area contributed by atoms with Crippen LogP contribution >= 0.6 is 0 Å². The molecule has 0 aliphatic carbocycles. The summed E-state index contributed by atoms with van der Waals surface area (Å²) < 4.78 is 7.39. The Hall–Kier alpha value is -3.41. The van der Waals surface area contributed by atoms with E-state index in [1.165, 1.54) is 6.26 Å². The Balaban J connectivity index is 1.63. The molecule has 1 amide bonds. The second-order valence-electron chi connectivity index (χ2n) is 5.62. The number of anilines is 1. The lowest BCUT2D eigenvalue weighted by Gasteiger charge is -2.07. The zero-order valence-electron chi connectivity index (χ0n) is 13.6. The summed E-state index contributed by atoms with van der Waals surface area (Å²) in [5.74, 6) is 0.561. The van der Waals surface area contributed by atoms with Gasteiger partial charge in [0.1, 0.15) is 18.2 Å². The Bertz CT molecular complexity index is 1050. The molecule has 0 aliphatic rings. The molecule has 4 aromatic rings. The summed E-state index contributed by atoms with van der Waals surface area (Å²) in [6.45, 7) is 2.81. The van der Waals surface area contributed by atoms with E-state index < -0.39 is 0 Å². The van der Waals surface area contributed by atoms with Crippen molar-refractivity contribution in [1.29, 1.82) is 0 Å². The van der Waals surface area contributed by atoms with Crippen LogP contribution in [0.15, 0.2) is 65.5 Å². The molecule has 0 atom stereocenters. The maximum Gasteiger partial charge on any atom is 0.259 e. The Morgan fingerprint density at radius 2 is 2.08 bits per heavy atom. The molecule has 124 valence electrons. The molecule has 25 heavy (non-hydrogen) atoms. The fraction of sp³-hybridized carbons (Fsp3) is 0.105. The lowest BCUT2D eigenvalue weighted by atomic mass is 10.1. The monoisotopic (exact) mass is 332 g/mol. The van der Waals surface area contributed by atoms with Crippen LogP contribution in [-0.2, 0) is 6.54 Å². The number of aromatic nitrogens is 3. The first-order chi connectivity index (χ1) is 12.3. The summed E-state index contributed by atoms with van der Waals surface area (Å²) in [6, 6.07) is 15.0. The number of benzene rings is 2. The molecule has 6 nitrogen and oxygen atoms in total. The van der Waals surface area contributed by atoms with Gasteiger partial charge < -0.3 is 14.3 Å². The second-order valence-corrected chi connectivity index (χ2v) is 5.62. The molecular formula is C19H16N4O2. The first-order valence-electron chi connectivity index (χ1n) is 8.02. The first kappa shape index (κ1) is 15.1. The van der Waals surface area contributed by atoms with Crippen molar-refractivity contribution in [3.05, 3.63) is 66.7 Å². The molecule has 4 rings (SSSR count). The number of amides is 1. The van der Waals surface area contributed by atoms with E-state index in [1.54, 1.807) is 6.33 Å². The van der Waals surface area contributed by atoms with E-state index in [4.69, 9.17) is 4.42 Å². The highest BCUT2D eigenvalue weighted by Crippen LogP contribution is 2.24. The average Bonchev–Trinajstić information content (AvgIpc) is 3.28. The topological polar surface area (TPSA) is 73.0 Å². The lowest BCUT2D eigenvalue weighted by molar-refractivity contribution is 0.102. The van der Waals surface area contributed by atoms with Crippen LogP contribution in [-0.4, -0.2) is 20.7 Å². The zero-order chi connectivity index (χ0) is 17.2. The van der Waals surface area contributed by atoms with Gasteiger partial charge in [-0.15, -0.1) is 10.2 Å². The Labute approximate surface area is 144 Å². The number of nitrogens with one attached hydrogen (secondary N) is 1.